The summed E-state index contributed by atoms with van der Waals surface area (Å²) in [5, 5.41) is 9.36. The van der Waals surface area contributed by atoms with Crippen LogP contribution in [0.1, 0.15) is 5.56 Å². The normalized spacial score (nSPS) is 13.6. The van der Waals surface area contributed by atoms with Gasteiger partial charge in [-0.15, -0.1) is 0 Å². The smallest absolute Gasteiger partial charge is 0.228 e. The lowest BCUT2D eigenvalue weighted by atomic mass is 10.0. The Bertz CT molecular complexity index is 573. The molecule has 0 spiro atoms. The molecule has 16 heavy (non-hydrogen) atoms. The van der Waals surface area contributed by atoms with Crippen molar-refractivity contribution in [2.75, 3.05) is 11.1 Å². The number of hydrogen-bond acceptors (Lipinski definition) is 3. The van der Waals surface area contributed by atoms with Gasteiger partial charge in [-0.3, -0.25) is 9.89 Å². The van der Waals surface area contributed by atoms with E-state index in [-0.39, 0.29) is 5.91 Å². The van der Waals surface area contributed by atoms with Gasteiger partial charge in [-0.25, -0.2) is 0 Å². The van der Waals surface area contributed by atoms with Crippen LogP contribution in [-0.2, 0) is 11.2 Å². The third kappa shape index (κ3) is 1.25. The summed E-state index contributed by atoms with van der Waals surface area (Å²) in [5.74, 6) is 0.566. The van der Waals surface area contributed by atoms with Crippen LogP contribution in [0.5, 0.6) is 0 Å². The van der Waals surface area contributed by atoms with Crippen molar-refractivity contribution in [1.82, 2.24) is 10.2 Å². The summed E-state index contributed by atoms with van der Waals surface area (Å²) in [6.07, 6.45) is 2.13. The summed E-state index contributed by atoms with van der Waals surface area (Å²) in [4.78, 5) is 11.2. The van der Waals surface area contributed by atoms with Crippen LogP contribution in [0.3, 0.4) is 0 Å². The number of rotatable bonds is 1. The Balaban J connectivity index is 2.09. The molecule has 0 fully saturated rings. The molecule has 0 unspecified atom stereocenters. The Morgan fingerprint density at radius 3 is 3.00 bits per heavy atom. The summed E-state index contributed by atoms with van der Waals surface area (Å²) >= 11 is 0. The molecule has 5 nitrogen and oxygen atoms in total. The van der Waals surface area contributed by atoms with Crippen molar-refractivity contribution in [1.29, 1.82) is 0 Å². The fraction of sp³-hybridized carbons (Fsp3) is 0.0909. The van der Waals surface area contributed by atoms with E-state index in [1.165, 1.54) is 0 Å². The number of nitrogen functional groups attached to an aromatic ring is 1. The maximum absolute atomic E-state index is 11.2. The minimum atomic E-state index is 0.0346. The number of nitrogens with zero attached hydrogens (tertiary/aromatic N) is 1. The first-order valence-electron chi connectivity index (χ1n) is 4.96. The standard InChI is InChI=1S/C11H10N4O/c12-11-8(5-13-15-11)6-1-2-7-4-10(16)14-9(7)3-6/h1-3,5H,4H2,(H,14,16)(H3,12,13,15). The highest BCUT2D eigenvalue weighted by molar-refractivity contribution is 6.00. The van der Waals surface area contributed by atoms with Crippen LogP contribution in [0.15, 0.2) is 24.4 Å². The van der Waals surface area contributed by atoms with Crippen molar-refractivity contribution in [2.45, 2.75) is 6.42 Å². The average molecular weight is 214 g/mol. The summed E-state index contributed by atoms with van der Waals surface area (Å²) < 4.78 is 0. The van der Waals surface area contributed by atoms with Gasteiger partial charge in [0.25, 0.3) is 0 Å². The lowest BCUT2D eigenvalue weighted by Gasteiger charge is -2.03. The Kier molecular flexibility index (Phi) is 1.73. The molecule has 4 N–H and O–H groups in total. The molecule has 80 valence electrons. The number of aromatic amines is 1. The van der Waals surface area contributed by atoms with Gasteiger partial charge >= 0.3 is 0 Å². The molecule has 1 aromatic heterocycles. The maximum atomic E-state index is 11.2. The van der Waals surface area contributed by atoms with Crippen LogP contribution in [-0.4, -0.2) is 16.1 Å². The molecule has 1 aliphatic rings. The fourth-order valence-electron chi connectivity index (χ4n) is 1.91. The van der Waals surface area contributed by atoms with Gasteiger partial charge < -0.3 is 11.1 Å². The maximum Gasteiger partial charge on any atom is 0.228 e. The molecule has 1 aromatic carbocycles. The summed E-state index contributed by atoms with van der Waals surface area (Å²) in [6.45, 7) is 0. The highest BCUT2D eigenvalue weighted by Gasteiger charge is 2.18. The predicted octanol–water partition coefficient (Wildman–Crippen LogP) is 1.15. The number of nitrogens with two attached hydrogens (primary N) is 1. The van der Waals surface area contributed by atoms with Crippen molar-refractivity contribution in [3.8, 4) is 11.1 Å². The molecule has 0 saturated heterocycles. The second kappa shape index (κ2) is 3.10. The number of benzene rings is 1. The minimum Gasteiger partial charge on any atom is -0.384 e. The van der Waals surface area contributed by atoms with Crippen LogP contribution in [0.25, 0.3) is 11.1 Å². The third-order valence-corrected chi connectivity index (χ3v) is 2.71. The van der Waals surface area contributed by atoms with E-state index in [4.69, 9.17) is 5.73 Å². The van der Waals surface area contributed by atoms with E-state index in [2.05, 4.69) is 15.5 Å². The van der Waals surface area contributed by atoms with E-state index in [9.17, 15) is 4.79 Å². The summed E-state index contributed by atoms with van der Waals surface area (Å²) in [5.41, 5.74) is 9.43. The number of nitrogens with one attached hydrogen (secondary N) is 2. The lowest BCUT2D eigenvalue weighted by molar-refractivity contribution is -0.115. The predicted molar refractivity (Wildman–Crippen MR) is 60.8 cm³/mol. The Hall–Kier alpha value is -2.30. The van der Waals surface area contributed by atoms with E-state index in [1.807, 2.05) is 18.2 Å². The fourth-order valence-corrected chi connectivity index (χ4v) is 1.91. The quantitative estimate of drug-likeness (QED) is 0.665. The van der Waals surface area contributed by atoms with E-state index >= 15 is 0 Å². The van der Waals surface area contributed by atoms with Gasteiger partial charge in [0.2, 0.25) is 5.91 Å². The zero-order valence-corrected chi connectivity index (χ0v) is 8.45. The first-order chi connectivity index (χ1) is 7.74. The van der Waals surface area contributed by atoms with Gasteiger partial charge in [0, 0.05) is 11.3 Å². The molecular weight excluding hydrogens is 204 g/mol. The Morgan fingerprint density at radius 1 is 1.38 bits per heavy atom. The molecule has 0 bridgehead atoms. The van der Waals surface area contributed by atoms with Crippen LogP contribution in [0.4, 0.5) is 11.5 Å². The zero-order chi connectivity index (χ0) is 11.1. The number of fused-ring (bicyclic) bond motifs is 1. The van der Waals surface area contributed by atoms with Crippen LogP contribution >= 0.6 is 0 Å². The topological polar surface area (TPSA) is 83.8 Å². The van der Waals surface area contributed by atoms with Gasteiger partial charge in [0.1, 0.15) is 5.82 Å². The van der Waals surface area contributed by atoms with E-state index < -0.39 is 0 Å². The number of amides is 1. The lowest BCUT2D eigenvalue weighted by Crippen LogP contribution is -2.03. The molecule has 2 heterocycles. The summed E-state index contributed by atoms with van der Waals surface area (Å²) in [7, 11) is 0. The number of H-pyrrole nitrogens is 1. The minimum absolute atomic E-state index is 0.0346. The molecule has 0 aliphatic carbocycles. The highest BCUT2D eigenvalue weighted by Crippen LogP contribution is 2.30. The van der Waals surface area contributed by atoms with Crippen molar-refractivity contribution in [2.24, 2.45) is 0 Å². The van der Waals surface area contributed by atoms with Crippen molar-refractivity contribution in [3.63, 3.8) is 0 Å². The van der Waals surface area contributed by atoms with Gasteiger partial charge in [-0.05, 0) is 17.2 Å². The molecular formula is C11H10N4O. The number of aromatic nitrogens is 2. The Labute approximate surface area is 91.7 Å². The second-order valence-corrected chi connectivity index (χ2v) is 3.79. The molecule has 2 aromatic rings. The number of hydrogen-bond donors (Lipinski definition) is 3. The van der Waals surface area contributed by atoms with Gasteiger partial charge in [-0.1, -0.05) is 12.1 Å². The van der Waals surface area contributed by atoms with Crippen LogP contribution in [0, 0.1) is 0 Å². The molecule has 5 heteroatoms. The molecule has 1 amide bonds. The second-order valence-electron chi connectivity index (χ2n) is 3.79. The van der Waals surface area contributed by atoms with Crippen molar-refractivity contribution < 1.29 is 4.79 Å². The first-order valence-corrected chi connectivity index (χ1v) is 4.96. The van der Waals surface area contributed by atoms with Gasteiger partial charge in [0.05, 0.1) is 12.6 Å². The number of anilines is 2. The van der Waals surface area contributed by atoms with E-state index in [1.54, 1.807) is 6.20 Å². The third-order valence-electron chi connectivity index (χ3n) is 2.71. The molecule has 3 rings (SSSR count). The van der Waals surface area contributed by atoms with E-state index in [0.29, 0.717) is 12.2 Å². The van der Waals surface area contributed by atoms with Crippen LogP contribution in [0.2, 0.25) is 0 Å². The average Bonchev–Trinajstić information content (AvgIpc) is 2.81. The monoisotopic (exact) mass is 214 g/mol. The number of carbonyl (C=O) groups is 1. The van der Waals surface area contributed by atoms with Gasteiger partial charge in [-0.2, -0.15) is 5.10 Å². The van der Waals surface area contributed by atoms with Crippen molar-refractivity contribution in [3.05, 3.63) is 30.0 Å². The largest absolute Gasteiger partial charge is 0.384 e. The summed E-state index contributed by atoms with van der Waals surface area (Å²) in [6, 6.07) is 5.80. The molecule has 0 radical (unpaired) electrons. The highest BCUT2D eigenvalue weighted by atomic mass is 16.1. The zero-order valence-electron chi connectivity index (χ0n) is 8.45. The van der Waals surface area contributed by atoms with Gasteiger partial charge in [0.15, 0.2) is 0 Å². The van der Waals surface area contributed by atoms with Crippen molar-refractivity contribution >= 4 is 17.4 Å². The Morgan fingerprint density at radius 2 is 2.25 bits per heavy atom. The van der Waals surface area contributed by atoms with Crippen LogP contribution < -0.4 is 11.1 Å². The number of carbonyl (C=O) groups excluding carboxylic acids is 1. The molecule has 1 aliphatic heterocycles. The van der Waals surface area contributed by atoms with E-state index in [0.717, 1.165) is 22.4 Å². The SMILES string of the molecule is Nc1[nH]ncc1-c1ccc2c(c1)NC(=O)C2. The molecule has 0 saturated carbocycles. The first kappa shape index (κ1) is 8.96. The molecule has 0 atom stereocenters.